The number of sulfonamides is 1. The van der Waals surface area contributed by atoms with E-state index in [9.17, 15) is 13.2 Å². The number of amides is 1. The van der Waals surface area contributed by atoms with E-state index in [0.717, 1.165) is 9.58 Å². The monoisotopic (exact) mass is 405 g/mol. The Labute approximate surface area is 160 Å². The van der Waals surface area contributed by atoms with Crippen LogP contribution in [-0.4, -0.2) is 30.3 Å². The van der Waals surface area contributed by atoms with E-state index in [0.29, 0.717) is 16.9 Å². The largest absolute Gasteiger partial charge is 0.382 e. The predicted octanol–water partition coefficient (Wildman–Crippen LogP) is 1.73. The summed E-state index contributed by atoms with van der Waals surface area (Å²) in [4.78, 5) is 20.9. The van der Waals surface area contributed by atoms with Gasteiger partial charge in [-0.2, -0.15) is 0 Å². The van der Waals surface area contributed by atoms with Gasteiger partial charge in [0, 0.05) is 4.88 Å². The average Bonchev–Trinajstić information content (AvgIpc) is 3.06. The minimum absolute atomic E-state index is 0.0270. The van der Waals surface area contributed by atoms with Gasteiger partial charge in [0.2, 0.25) is 0 Å². The van der Waals surface area contributed by atoms with Crippen molar-refractivity contribution in [2.45, 2.75) is 24.8 Å². The first-order chi connectivity index (χ1) is 12.7. The average molecular weight is 406 g/mol. The molecule has 0 saturated heterocycles. The van der Waals surface area contributed by atoms with Gasteiger partial charge < -0.3 is 11.5 Å². The highest BCUT2D eigenvalue weighted by molar-refractivity contribution is 7.90. The summed E-state index contributed by atoms with van der Waals surface area (Å²) in [5, 5.41) is 0. The van der Waals surface area contributed by atoms with Crippen LogP contribution >= 0.6 is 11.3 Å². The van der Waals surface area contributed by atoms with Crippen molar-refractivity contribution in [1.82, 2.24) is 14.7 Å². The number of rotatable bonds is 5. The number of anilines is 1. The lowest BCUT2D eigenvalue weighted by Crippen LogP contribution is -2.46. The zero-order valence-corrected chi connectivity index (χ0v) is 16.3. The molecule has 10 heteroatoms. The van der Waals surface area contributed by atoms with Crippen molar-refractivity contribution in [3.63, 3.8) is 0 Å². The van der Waals surface area contributed by atoms with E-state index in [1.165, 1.54) is 29.8 Å². The van der Waals surface area contributed by atoms with E-state index >= 15 is 0 Å². The van der Waals surface area contributed by atoms with Gasteiger partial charge >= 0.3 is 0 Å². The Bertz CT molecular complexity index is 1110. The molecular weight excluding hydrogens is 386 g/mol. The van der Waals surface area contributed by atoms with Gasteiger partial charge in [-0.15, -0.1) is 11.3 Å². The van der Waals surface area contributed by atoms with Crippen LogP contribution in [0.25, 0.3) is 20.7 Å². The highest BCUT2D eigenvalue weighted by Crippen LogP contribution is 2.35. The lowest BCUT2D eigenvalue weighted by Gasteiger charge is -2.15. The van der Waals surface area contributed by atoms with Gasteiger partial charge in [-0.25, -0.2) is 23.1 Å². The Balaban J connectivity index is 1.94. The van der Waals surface area contributed by atoms with Crippen LogP contribution in [0.15, 0.2) is 41.6 Å². The van der Waals surface area contributed by atoms with Gasteiger partial charge in [0.05, 0.1) is 21.2 Å². The number of nitrogens with zero attached hydrogens (tertiary/aromatic N) is 2. The molecular formula is C17H19N5O3S2. The molecule has 3 aromatic rings. The highest BCUT2D eigenvalue weighted by Gasteiger charge is 2.24. The van der Waals surface area contributed by atoms with Crippen LogP contribution in [0.4, 0.5) is 5.82 Å². The summed E-state index contributed by atoms with van der Waals surface area (Å²) in [7, 11) is -4.03. The normalized spacial score (nSPS) is 13.0. The fraction of sp³-hybridized carbons (Fsp3) is 0.235. The summed E-state index contributed by atoms with van der Waals surface area (Å²) in [6.07, 6.45) is 1.38. The molecule has 0 aliphatic rings. The number of nitrogens with two attached hydrogens (primary N) is 2. The maximum atomic E-state index is 12.6. The van der Waals surface area contributed by atoms with Crippen LogP contribution in [0, 0.1) is 5.92 Å². The van der Waals surface area contributed by atoms with Crippen molar-refractivity contribution in [2.24, 2.45) is 11.7 Å². The maximum absolute atomic E-state index is 12.6. The predicted molar refractivity (Wildman–Crippen MR) is 105 cm³/mol. The zero-order chi connectivity index (χ0) is 19.8. The summed E-state index contributed by atoms with van der Waals surface area (Å²) < 4.78 is 27.9. The second-order valence-corrected chi connectivity index (χ2v) is 9.09. The molecule has 8 nitrogen and oxygen atoms in total. The third-order valence-electron chi connectivity index (χ3n) is 4.02. The molecule has 142 valence electrons. The molecule has 1 atom stereocenters. The molecule has 1 unspecified atom stereocenters. The first-order valence-corrected chi connectivity index (χ1v) is 10.4. The minimum atomic E-state index is -4.03. The Morgan fingerprint density at radius 2 is 1.96 bits per heavy atom. The fourth-order valence-electron chi connectivity index (χ4n) is 2.39. The van der Waals surface area contributed by atoms with Crippen LogP contribution < -0.4 is 16.2 Å². The van der Waals surface area contributed by atoms with Crippen LogP contribution in [0.5, 0.6) is 0 Å². The molecule has 2 heterocycles. The number of aromatic nitrogens is 2. The molecule has 1 amide bonds. The fourth-order valence-corrected chi connectivity index (χ4v) is 4.46. The molecule has 0 spiro atoms. The summed E-state index contributed by atoms with van der Waals surface area (Å²) in [5.74, 6) is -0.549. The Hall–Kier alpha value is -2.56. The molecule has 0 radical (unpaired) electrons. The second kappa shape index (κ2) is 7.22. The number of benzene rings is 1. The van der Waals surface area contributed by atoms with E-state index in [4.69, 9.17) is 11.5 Å². The highest BCUT2D eigenvalue weighted by atomic mass is 32.2. The van der Waals surface area contributed by atoms with Crippen LogP contribution in [0.1, 0.15) is 13.8 Å². The zero-order valence-electron chi connectivity index (χ0n) is 14.7. The molecule has 0 saturated carbocycles. The summed E-state index contributed by atoms with van der Waals surface area (Å²) >= 11 is 1.37. The van der Waals surface area contributed by atoms with E-state index in [2.05, 4.69) is 9.97 Å². The number of thiophene rings is 1. The van der Waals surface area contributed by atoms with Crippen LogP contribution in [-0.2, 0) is 14.8 Å². The van der Waals surface area contributed by atoms with Crippen molar-refractivity contribution in [3.05, 3.63) is 36.7 Å². The summed E-state index contributed by atoms with van der Waals surface area (Å²) in [6.45, 7) is 3.49. The van der Waals surface area contributed by atoms with E-state index < -0.39 is 22.0 Å². The molecule has 5 N–H and O–H groups in total. The molecule has 0 aliphatic carbocycles. The third kappa shape index (κ3) is 3.92. The Morgan fingerprint density at radius 1 is 1.22 bits per heavy atom. The number of nitrogen functional groups attached to an aromatic ring is 1. The molecule has 0 bridgehead atoms. The lowest BCUT2D eigenvalue weighted by atomic mass is 10.1. The molecule has 2 aromatic heterocycles. The van der Waals surface area contributed by atoms with Crippen LogP contribution in [0.3, 0.4) is 0 Å². The molecule has 0 aliphatic heterocycles. The number of hydrogen-bond donors (Lipinski definition) is 3. The molecule has 3 rings (SSSR count). The first kappa shape index (κ1) is 19.2. The third-order valence-corrected chi connectivity index (χ3v) is 6.56. The van der Waals surface area contributed by atoms with Crippen molar-refractivity contribution < 1.29 is 13.2 Å². The summed E-state index contributed by atoms with van der Waals surface area (Å²) in [5.41, 5.74) is 12.9. The number of nitrogens with one attached hydrogen (secondary N) is 1. The van der Waals surface area contributed by atoms with E-state index in [1.807, 2.05) is 10.8 Å². The lowest BCUT2D eigenvalue weighted by molar-refractivity contribution is -0.121. The first-order valence-electron chi connectivity index (χ1n) is 8.12. The van der Waals surface area contributed by atoms with E-state index in [-0.39, 0.29) is 10.8 Å². The maximum Gasteiger partial charge on any atom is 0.264 e. The topological polar surface area (TPSA) is 141 Å². The van der Waals surface area contributed by atoms with Gasteiger partial charge in [-0.3, -0.25) is 4.79 Å². The smallest absolute Gasteiger partial charge is 0.264 e. The second-order valence-electron chi connectivity index (χ2n) is 6.35. The van der Waals surface area contributed by atoms with Crippen molar-refractivity contribution in [3.8, 4) is 10.4 Å². The molecule has 0 fully saturated rings. The number of carbonyl (C=O) groups is 1. The van der Waals surface area contributed by atoms with Gasteiger partial charge in [-0.1, -0.05) is 26.0 Å². The van der Waals surface area contributed by atoms with Gasteiger partial charge in [-0.05, 0) is 29.7 Å². The van der Waals surface area contributed by atoms with Crippen LogP contribution in [0.2, 0.25) is 0 Å². The van der Waals surface area contributed by atoms with Gasteiger partial charge in [0.1, 0.15) is 12.1 Å². The van der Waals surface area contributed by atoms with Crippen molar-refractivity contribution in [2.75, 3.05) is 5.73 Å². The Kier molecular flexibility index (Phi) is 5.13. The van der Waals surface area contributed by atoms with E-state index in [1.54, 1.807) is 26.0 Å². The minimum Gasteiger partial charge on any atom is -0.382 e. The molecule has 1 aromatic carbocycles. The Morgan fingerprint density at radius 3 is 2.63 bits per heavy atom. The molecule has 27 heavy (non-hydrogen) atoms. The number of hydrogen-bond acceptors (Lipinski definition) is 8. The quantitative estimate of drug-likeness (QED) is 0.587. The van der Waals surface area contributed by atoms with Crippen molar-refractivity contribution >= 4 is 43.3 Å². The summed E-state index contributed by atoms with van der Waals surface area (Å²) in [6, 6.07) is 7.20. The number of fused-ring (bicyclic) bond motifs is 1. The van der Waals surface area contributed by atoms with Gasteiger partial charge in [0.15, 0.2) is 0 Å². The SMILES string of the molecule is CC(C)C(N)C(=O)NS(=O)(=O)c1cccc(-c2cc3ncnc(N)c3s2)c1. The van der Waals surface area contributed by atoms with Crippen molar-refractivity contribution in [1.29, 1.82) is 0 Å². The standard InChI is InChI=1S/C17H19N5O3S2/c1-9(2)14(18)17(23)22-27(24,25)11-5-3-4-10(6-11)13-7-12-15(26-13)16(19)21-8-20-12/h3-9,14H,18H2,1-2H3,(H,22,23)(H2,19,20,21). The van der Waals surface area contributed by atoms with Gasteiger partial charge in [0.25, 0.3) is 15.9 Å². The number of carbonyl (C=O) groups excluding carboxylic acids is 1.